The van der Waals surface area contributed by atoms with Gasteiger partial charge in [0.25, 0.3) is 0 Å². The molecule has 0 saturated carbocycles. The second-order valence-electron chi connectivity index (χ2n) is 4.48. The minimum Gasteiger partial charge on any atom is -0.508 e. The first kappa shape index (κ1) is 12.2. The molecule has 2 rings (SSSR count). The number of hydrogen-bond donors (Lipinski definition) is 1. The summed E-state index contributed by atoms with van der Waals surface area (Å²) < 4.78 is 11.5. The number of ether oxygens (including phenoxy) is 2. The number of hydrogen-bond acceptors (Lipinski definition) is 3. The van der Waals surface area contributed by atoms with Crippen molar-refractivity contribution in [2.75, 3.05) is 6.61 Å². The fourth-order valence-corrected chi connectivity index (χ4v) is 2.18. The van der Waals surface area contributed by atoms with Gasteiger partial charge in [0.1, 0.15) is 11.5 Å². The molecule has 1 heterocycles. The molecule has 1 unspecified atom stereocenters. The molecule has 1 fully saturated rings. The zero-order valence-corrected chi connectivity index (χ0v) is 10.5. The highest BCUT2D eigenvalue weighted by molar-refractivity contribution is 5.49. The normalized spacial score (nSPS) is 20.2. The summed E-state index contributed by atoms with van der Waals surface area (Å²) in [6.07, 6.45) is 3.78. The van der Waals surface area contributed by atoms with Crippen molar-refractivity contribution in [1.29, 1.82) is 0 Å². The average Bonchev–Trinajstić information content (AvgIpc) is 2.35. The van der Waals surface area contributed by atoms with E-state index in [2.05, 4.69) is 0 Å². The molecule has 0 aromatic heterocycles. The van der Waals surface area contributed by atoms with Gasteiger partial charge in [0, 0.05) is 12.0 Å². The Bertz CT molecular complexity index is 381. The summed E-state index contributed by atoms with van der Waals surface area (Å²) >= 11 is 0. The van der Waals surface area contributed by atoms with Crippen LogP contribution >= 0.6 is 0 Å². The van der Waals surface area contributed by atoms with Crippen LogP contribution in [0, 0.1) is 6.92 Å². The van der Waals surface area contributed by atoms with Crippen LogP contribution in [0.4, 0.5) is 0 Å². The van der Waals surface area contributed by atoms with Gasteiger partial charge in [-0.05, 0) is 37.8 Å². The lowest BCUT2D eigenvalue weighted by molar-refractivity contribution is -0.106. The number of aromatic hydroxyl groups is 1. The molecule has 1 atom stereocenters. The van der Waals surface area contributed by atoms with Gasteiger partial charge >= 0.3 is 0 Å². The molecule has 3 nitrogen and oxygen atoms in total. The molecule has 0 bridgehead atoms. The van der Waals surface area contributed by atoms with Crippen LogP contribution in [0.2, 0.25) is 0 Å². The van der Waals surface area contributed by atoms with Gasteiger partial charge in [-0.2, -0.15) is 0 Å². The van der Waals surface area contributed by atoms with E-state index in [1.165, 1.54) is 0 Å². The molecule has 1 aliphatic rings. The van der Waals surface area contributed by atoms with Crippen molar-refractivity contribution in [1.82, 2.24) is 0 Å². The highest BCUT2D eigenvalue weighted by Gasteiger charge is 2.19. The predicted octanol–water partition coefficient (Wildman–Crippen LogP) is 3.17. The third-order valence-corrected chi connectivity index (χ3v) is 3.17. The second-order valence-corrected chi connectivity index (χ2v) is 4.48. The summed E-state index contributed by atoms with van der Waals surface area (Å²) in [6, 6.07) is 3.61. The molecule has 0 aliphatic carbocycles. The van der Waals surface area contributed by atoms with Gasteiger partial charge in [-0.15, -0.1) is 0 Å². The number of phenols is 1. The van der Waals surface area contributed by atoms with E-state index in [4.69, 9.17) is 9.47 Å². The maximum Gasteiger partial charge on any atom is 0.199 e. The first-order valence-corrected chi connectivity index (χ1v) is 6.32. The van der Waals surface area contributed by atoms with Crippen molar-refractivity contribution in [2.24, 2.45) is 0 Å². The summed E-state index contributed by atoms with van der Waals surface area (Å²) in [5.41, 5.74) is 1.92. The van der Waals surface area contributed by atoms with Crippen molar-refractivity contribution in [2.45, 2.75) is 45.8 Å². The van der Waals surface area contributed by atoms with Crippen molar-refractivity contribution < 1.29 is 14.6 Å². The van der Waals surface area contributed by atoms with E-state index in [0.717, 1.165) is 49.2 Å². The van der Waals surface area contributed by atoms with Crippen molar-refractivity contribution in [3.8, 4) is 11.5 Å². The number of benzene rings is 1. The lowest BCUT2D eigenvalue weighted by Gasteiger charge is -2.25. The van der Waals surface area contributed by atoms with Gasteiger partial charge in [-0.3, -0.25) is 0 Å². The zero-order valence-electron chi connectivity index (χ0n) is 10.5. The van der Waals surface area contributed by atoms with E-state index in [0.29, 0.717) is 5.75 Å². The third-order valence-electron chi connectivity index (χ3n) is 3.17. The highest BCUT2D eigenvalue weighted by Crippen LogP contribution is 2.33. The number of aryl methyl sites for hydroxylation is 1. The van der Waals surface area contributed by atoms with Gasteiger partial charge in [0.05, 0.1) is 6.61 Å². The van der Waals surface area contributed by atoms with Crippen LogP contribution in [0.25, 0.3) is 0 Å². The summed E-state index contributed by atoms with van der Waals surface area (Å²) in [4.78, 5) is 0. The van der Waals surface area contributed by atoms with Crippen LogP contribution in [-0.4, -0.2) is 18.0 Å². The average molecular weight is 236 g/mol. The smallest absolute Gasteiger partial charge is 0.199 e. The minimum atomic E-state index is -0.158. The molecular formula is C14H20O3. The van der Waals surface area contributed by atoms with E-state index < -0.39 is 0 Å². The number of rotatable bonds is 3. The fourth-order valence-electron chi connectivity index (χ4n) is 2.18. The van der Waals surface area contributed by atoms with Crippen LogP contribution in [-0.2, 0) is 11.2 Å². The van der Waals surface area contributed by atoms with E-state index >= 15 is 0 Å². The third kappa shape index (κ3) is 2.72. The lowest BCUT2D eigenvalue weighted by atomic mass is 10.1. The Morgan fingerprint density at radius 1 is 1.41 bits per heavy atom. The standard InChI is InChI=1S/C14H20O3/c1-3-11-12(15)8-7-10(2)14(11)17-13-6-4-5-9-16-13/h7-8,13,15H,3-6,9H2,1-2H3. The molecule has 1 aromatic rings. The predicted molar refractivity (Wildman–Crippen MR) is 66.4 cm³/mol. The molecular weight excluding hydrogens is 216 g/mol. The molecule has 17 heavy (non-hydrogen) atoms. The van der Waals surface area contributed by atoms with Crippen molar-refractivity contribution in [3.05, 3.63) is 23.3 Å². The van der Waals surface area contributed by atoms with E-state index in [9.17, 15) is 5.11 Å². The maximum atomic E-state index is 9.82. The van der Waals surface area contributed by atoms with Crippen LogP contribution in [0.3, 0.4) is 0 Å². The lowest BCUT2D eigenvalue weighted by Crippen LogP contribution is -2.25. The summed E-state index contributed by atoms with van der Waals surface area (Å²) in [5.74, 6) is 1.10. The first-order valence-electron chi connectivity index (χ1n) is 6.32. The van der Waals surface area contributed by atoms with Crippen molar-refractivity contribution >= 4 is 0 Å². The quantitative estimate of drug-likeness (QED) is 0.876. The molecule has 3 heteroatoms. The molecule has 1 aliphatic heterocycles. The topological polar surface area (TPSA) is 38.7 Å². The van der Waals surface area contributed by atoms with Gasteiger partial charge in [0.15, 0.2) is 6.29 Å². The summed E-state index contributed by atoms with van der Waals surface area (Å²) in [5, 5.41) is 9.82. The Hall–Kier alpha value is -1.22. The van der Waals surface area contributed by atoms with Gasteiger partial charge in [-0.25, -0.2) is 0 Å². The van der Waals surface area contributed by atoms with E-state index in [1.54, 1.807) is 6.07 Å². The molecule has 1 aromatic carbocycles. The van der Waals surface area contributed by atoms with Crippen molar-refractivity contribution in [3.63, 3.8) is 0 Å². The minimum absolute atomic E-state index is 0.158. The molecule has 0 amide bonds. The zero-order chi connectivity index (χ0) is 12.3. The van der Waals surface area contributed by atoms with Crippen LogP contribution in [0.5, 0.6) is 11.5 Å². The van der Waals surface area contributed by atoms with E-state index in [-0.39, 0.29) is 6.29 Å². The second kappa shape index (κ2) is 5.41. The molecule has 1 saturated heterocycles. The molecule has 0 spiro atoms. The Morgan fingerprint density at radius 2 is 2.24 bits per heavy atom. The Morgan fingerprint density at radius 3 is 2.88 bits per heavy atom. The summed E-state index contributed by atoms with van der Waals surface area (Å²) in [7, 11) is 0. The SMILES string of the molecule is CCc1c(O)ccc(C)c1OC1CCCCO1. The monoisotopic (exact) mass is 236 g/mol. The molecule has 94 valence electrons. The Kier molecular flexibility index (Phi) is 3.89. The van der Waals surface area contributed by atoms with Crippen LogP contribution in [0.1, 0.15) is 37.3 Å². The van der Waals surface area contributed by atoms with Crippen LogP contribution < -0.4 is 4.74 Å². The Labute approximate surface area is 102 Å². The fraction of sp³-hybridized carbons (Fsp3) is 0.571. The largest absolute Gasteiger partial charge is 0.508 e. The van der Waals surface area contributed by atoms with E-state index in [1.807, 2.05) is 19.9 Å². The first-order chi connectivity index (χ1) is 8.22. The number of phenolic OH excluding ortho intramolecular Hbond substituents is 1. The van der Waals surface area contributed by atoms with Gasteiger partial charge < -0.3 is 14.6 Å². The maximum absolute atomic E-state index is 9.82. The van der Waals surface area contributed by atoms with Gasteiger partial charge in [-0.1, -0.05) is 13.0 Å². The van der Waals surface area contributed by atoms with Crippen LogP contribution in [0.15, 0.2) is 12.1 Å². The highest BCUT2D eigenvalue weighted by atomic mass is 16.7. The molecule has 1 N–H and O–H groups in total. The molecule has 0 radical (unpaired) electrons. The van der Waals surface area contributed by atoms with Gasteiger partial charge in [0.2, 0.25) is 0 Å². The summed E-state index contributed by atoms with van der Waals surface area (Å²) in [6.45, 7) is 4.78. The Balaban J connectivity index is 2.21.